The van der Waals surface area contributed by atoms with Gasteiger partial charge in [-0.15, -0.1) is 0 Å². The molecule has 0 aliphatic carbocycles. The zero-order chi connectivity index (χ0) is 11.5. The molecule has 0 unspecified atom stereocenters. The highest BCUT2D eigenvalue weighted by Gasteiger charge is 2.18. The predicted octanol–water partition coefficient (Wildman–Crippen LogP) is 1.37. The second kappa shape index (κ2) is 4.44. The highest BCUT2D eigenvalue weighted by molar-refractivity contribution is 7.90. The minimum absolute atomic E-state index is 0.0292. The lowest BCUT2D eigenvalue weighted by Gasteiger charge is -2.05. The molecule has 0 heterocycles. The molecule has 7 heteroatoms. The standard InChI is InChI=1S/C8H6ClNO4S/c1-14-7-4-6(9)2-3-8(7)15(12,13)10-5-11/h2-4H,1H3. The van der Waals surface area contributed by atoms with Gasteiger partial charge in [-0.2, -0.15) is 8.42 Å². The molecule has 0 N–H and O–H groups in total. The van der Waals surface area contributed by atoms with Gasteiger partial charge in [0, 0.05) is 11.1 Å². The first-order chi connectivity index (χ1) is 7.01. The molecular formula is C8H6ClNO4S. The Morgan fingerprint density at radius 2 is 2.13 bits per heavy atom. The molecule has 0 saturated carbocycles. The van der Waals surface area contributed by atoms with E-state index in [4.69, 9.17) is 16.3 Å². The maximum atomic E-state index is 11.4. The first kappa shape index (κ1) is 11.7. The molecule has 5 nitrogen and oxygen atoms in total. The third-order valence-corrected chi connectivity index (χ3v) is 3.00. The van der Waals surface area contributed by atoms with Crippen molar-refractivity contribution in [3.8, 4) is 5.75 Å². The lowest BCUT2D eigenvalue weighted by Crippen LogP contribution is -1.99. The highest BCUT2D eigenvalue weighted by Crippen LogP contribution is 2.28. The van der Waals surface area contributed by atoms with Crippen LogP contribution in [0.3, 0.4) is 0 Å². The van der Waals surface area contributed by atoms with Crippen LogP contribution in [0.4, 0.5) is 0 Å². The van der Waals surface area contributed by atoms with Gasteiger partial charge in [-0.1, -0.05) is 16.0 Å². The van der Waals surface area contributed by atoms with Crippen molar-refractivity contribution in [2.75, 3.05) is 7.11 Å². The predicted molar refractivity (Wildman–Crippen MR) is 53.3 cm³/mol. The second-order valence-electron chi connectivity index (χ2n) is 2.45. The molecule has 0 saturated heterocycles. The number of hydrogen-bond acceptors (Lipinski definition) is 4. The summed E-state index contributed by atoms with van der Waals surface area (Å²) in [6, 6.07) is 3.88. The molecule has 0 atom stereocenters. The van der Waals surface area contributed by atoms with Gasteiger partial charge in [0.15, 0.2) is 0 Å². The van der Waals surface area contributed by atoms with E-state index in [2.05, 4.69) is 4.40 Å². The molecule has 1 aromatic carbocycles. The molecule has 1 rings (SSSR count). The number of carbonyl (C=O) groups excluding carboxylic acids is 1. The van der Waals surface area contributed by atoms with Crippen LogP contribution in [0.1, 0.15) is 0 Å². The van der Waals surface area contributed by atoms with Crippen LogP contribution >= 0.6 is 11.6 Å². The Hall–Kier alpha value is -1.36. The van der Waals surface area contributed by atoms with Gasteiger partial charge >= 0.3 is 0 Å². The molecule has 0 aromatic heterocycles. The normalized spacial score (nSPS) is 10.5. The summed E-state index contributed by atoms with van der Waals surface area (Å²) in [7, 11) is -2.77. The zero-order valence-electron chi connectivity index (χ0n) is 7.60. The first-order valence-electron chi connectivity index (χ1n) is 3.69. The Morgan fingerprint density at radius 3 is 2.67 bits per heavy atom. The molecule has 0 radical (unpaired) electrons. The summed E-state index contributed by atoms with van der Waals surface area (Å²) in [6.07, 6.45) is 0.971. The van der Waals surface area contributed by atoms with Gasteiger partial charge in [0.2, 0.25) is 0 Å². The third-order valence-electron chi connectivity index (χ3n) is 1.56. The molecule has 0 bridgehead atoms. The molecule has 80 valence electrons. The van der Waals surface area contributed by atoms with Gasteiger partial charge in [0.25, 0.3) is 16.1 Å². The summed E-state index contributed by atoms with van der Waals surface area (Å²) in [6.45, 7) is 0. The lowest BCUT2D eigenvalue weighted by molar-refractivity contribution is 0.403. The van der Waals surface area contributed by atoms with Crippen molar-refractivity contribution >= 4 is 27.7 Å². The summed E-state index contributed by atoms with van der Waals surface area (Å²) >= 11 is 5.64. The van der Waals surface area contributed by atoms with Crippen LogP contribution in [0.15, 0.2) is 27.5 Å². The van der Waals surface area contributed by atoms with E-state index in [0.717, 1.165) is 6.08 Å². The van der Waals surface area contributed by atoms with Crippen molar-refractivity contribution in [1.29, 1.82) is 0 Å². The fraction of sp³-hybridized carbons (Fsp3) is 0.125. The number of methoxy groups -OCH3 is 1. The largest absolute Gasteiger partial charge is 0.495 e. The maximum absolute atomic E-state index is 11.4. The van der Waals surface area contributed by atoms with Gasteiger partial charge < -0.3 is 4.74 Å². The molecule has 15 heavy (non-hydrogen) atoms. The Labute approximate surface area is 91.4 Å². The average molecular weight is 248 g/mol. The number of benzene rings is 1. The summed E-state index contributed by atoms with van der Waals surface area (Å²) in [5, 5.41) is 0.320. The highest BCUT2D eigenvalue weighted by atomic mass is 35.5. The first-order valence-corrected chi connectivity index (χ1v) is 5.51. The van der Waals surface area contributed by atoms with E-state index in [-0.39, 0.29) is 10.6 Å². The molecule has 0 amide bonds. The van der Waals surface area contributed by atoms with Crippen molar-refractivity contribution in [1.82, 2.24) is 0 Å². The second-order valence-corrected chi connectivity index (χ2v) is 4.46. The number of ether oxygens (including phenoxy) is 1. The molecule has 0 aliphatic heterocycles. The van der Waals surface area contributed by atoms with Crippen LogP contribution in [-0.4, -0.2) is 21.6 Å². The van der Waals surface area contributed by atoms with Crippen molar-refractivity contribution in [3.05, 3.63) is 23.2 Å². The van der Waals surface area contributed by atoms with E-state index in [9.17, 15) is 13.2 Å². The number of halogens is 1. The number of rotatable bonds is 3. The van der Waals surface area contributed by atoms with Gasteiger partial charge in [-0.05, 0) is 12.1 Å². The summed E-state index contributed by atoms with van der Waals surface area (Å²) in [4.78, 5) is 9.70. The van der Waals surface area contributed by atoms with Gasteiger partial charge in [-0.3, -0.25) is 0 Å². The number of sulfonamides is 1. The van der Waals surface area contributed by atoms with Gasteiger partial charge in [0.05, 0.1) is 7.11 Å². The van der Waals surface area contributed by atoms with E-state index in [0.29, 0.717) is 5.02 Å². The fourth-order valence-electron chi connectivity index (χ4n) is 0.953. The Balaban J connectivity index is 3.44. The smallest absolute Gasteiger partial charge is 0.296 e. The molecule has 1 aromatic rings. The van der Waals surface area contributed by atoms with E-state index in [1.54, 1.807) is 0 Å². The minimum Gasteiger partial charge on any atom is -0.495 e. The van der Waals surface area contributed by atoms with Crippen molar-refractivity contribution in [2.24, 2.45) is 4.40 Å². The van der Waals surface area contributed by atoms with Crippen molar-refractivity contribution in [3.63, 3.8) is 0 Å². The zero-order valence-corrected chi connectivity index (χ0v) is 9.17. The van der Waals surface area contributed by atoms with E-state index >= 15 is 0 Å². The average Bonchev–Trinajstić information content (AvgIpc) is 2.17. The van der Waals surface area contributed by atoms with Crippen LogP contribution in [-0.2, 0) is 14.8 Å². The maximum Gasteiger partial charge on any atom is 0.296 e. The van der Waals surface area contributed by atoms with E-state index < -0.39 is 10.0 Å². The number of nitrogens with zero attached hydrogens (tertiary/aromatic N) is 1. The number of hydrogen-bond donors (Lipinski definition) is 0. The number of isocyanates is 1. The summed E-state index contributed by atoms with van der Waals surface area (Å²) in [5.41, 5.74) is 0. The van der Waals surface area contributed by atoms with Gasteiger partial charge in [0.1, 0.15) is 10.6 Å². The molecule has 0 fully saturated rings. The third kappa shape index (κ3) is 2.56. The quantitative estimate of drug-likeness (QED) is 0.597. The van der Waals surface area contributed by atoms with Crippen LogP contribution in [0.25, 0.3) is 0 Å². The van der Waals surface area contributed by atoms with Crippen molar-refractivity contribution in [2.45, 2.75) is 4.90 Å². The monoisotopic (exact) mass is 247 g/mol. The summed E-state index contributed by atoms with van der Waals surface area (Å²) < 4.78 is 30.3. The Morgan fingerprint density at radius 1 is 1.47 bits per heavy atom. The summed E-state index contributed by atoms with van der Waals surface area (Å²) in [5.74, 6) is 0.0292. The van der Waals surface area contributed by atoms with E-state index in [1.807, 2.05) is 0 Å². The SMILES string of the molecule is COc1cc(Cl)ccc1S(=O)(=O)N=C=O. The minimum atomic E-state index is -4.05. The van der Waals surface area contributed by atoms with E-state index in [1.165, 1.54) is 25.3 Å². The van der Waals surface area contributed by atoms with Crippen LogP contribution in [0.2, 0.25) is 5.02 Å². The molecule has 0 aliphatic rings. The Kier molecular flexibility index (Phi) is 3.47. The molecule has 0 spiro atoms. The Bertz CT molecular complexity index is 519. The fourth-order valence-corrected chi connectivity index (χ4v) is 1.95. The van der Waals surface area contributed by atoms with Crippen molar-refractivity contribution < 1.29 is 17.9 Å². The lowest BCUT2D eigenvalue weighted by atomic mass is 10.3. The molecular weight excluding hydrogens is 242 g/mol. The van der Waals surface area contributed by atoms with Crippen LogP contribution in [0, 0.1) is 0 Å². The van der Waals surface area contributed by atoms with Crippen LogP contribution < -0.4 is 4.74 Å². The topological polar surface area (TPSA) is 72.8 Å². The van der Waals surface area contributed by atoms with Crippen LogP contribution in [0.5, 0.6) is 5.75 Å². The van der Waals surface area contributed by atoms with Gasteiger partial charge in [-0.25, -0.2) is 4.79 Å².